The lowest BCUT2D eigenvalue weighted by Crippen LogP contribution is -2.24. The van der Waals surface area contributed by atoms with Gasteiger partial charge in [-0.25, -0.2) is 0 Å². The van der Waals surface area contributed by atoms with Gasteiger partial charge in [0.05, 0.1) is 19.6 Å². The summed E-state index contributed by atoms with van der Waals surface area (Å²) in [5, 5.41) is 0. The molecule has 0 bridgehead atoms. The van der Waals surface area contributed by atoms with Gasteiger partial charge in [0.2, 0.25) is 0 Å². The quantitative estimate of drug-likeness (QED) is 0.357. The number of ether oxygens (including phenoxy) is 4. The van der Waals surface area contributed by atoms with E-state index in [9.17, 15) is 4.79 Å². The van der Waals surface area contributed by atoms with Gasteiger partial charge in [-0.15, -0.1) is 0 Å². The molecule has 21 heavy (non-hydrogen) atoms. The largest absolute Gasteiger partial charge is 0.461 e. The van der Waals surface area contributed by atoms with Crippen LogP contribution in [0.5, 0.6) is 0 Å². The second-order valence-corrected chi connectivity index (χ2v) is 4.31. The Labute approximate surface area is 126 Å². The maximum atomic E-state index is 11.5. The fourth-order valence-corrected chi connectivity index (χ4v) is 1.66. The van der Waals surface area contributed by atoms with Crippen molar-refractivity contribution in [3.05, 3.63) is 35.9 Å². The van der Waals surface area contributed by atoms with Crippen LogP contribution in [0.4, 0.5) is 0 Å². The van der Waals surface area contributed by atoms with E-state index in [2.05, 4.69) is 0 Å². The Morgan fingerprint density at radius 3 is 2.38 bits per heavy atom. The van der Waals surface area contributed by atoms with Crippen molar-refractivity contribution in [2.75, 3.05) is 26.4 Å². The van der Waals surface area contributed by atoms with Crippen molar-refractivity contribution >= 4 is 5.97 Å². The molecule has 0 amide bonds. The zero-order valence-electron chi connectivity index (χ0n) is 12.7. The monoisotopic (exact) mass is 296 g/mol. The van der Waals surface area contributed by atoms with Crippen molar-refractivity contribution < 1.29 is 23.7 Å². The Bertz CT molecular complexity index is 374. The summed E-state index contributed by atoms with van der Waals surface area (Å²) in [6.45, 7) is 5.82. The van der Waals surface area contributed by atoms with E-state index in [1.807, 2.05) is 44.2 Å². The number of carbonyl (C=O) groups excluding carboxylic acids is 1. The van der Waals surface area contributed by atoms with Crippen LogP contribution in [0.15, 0.2) is 30.3 Å². The molecule has 0 aromatic heterocycles. The highest BCUT2D eigenvalue weighted by atomic mass is 16.7. The van der Waals surface area contributed by atoms with Crippen LogP contribution in [-0.2, 0) is 30.3 Å². The first-order valence-corrected chi connectivity index (χ1v) is 7.26. The molecule has 1 aromatic carbocycles. The minimum absolute atomic E-state index is 0.220. The minimum atomic E-state index is -0.375. The summed E-state index contributed by atoms with van der Waals surface area (Å²) >= 11 is 0. The average molecular weight is 296 g/mol. The molecule has 0 fully saturated rings. The third-order valence-electron chi connectivity index (χ3n) is 2.65. The van der Waals surface area contributed by atoms with E-state index in [1.54, 1.807) is 0 Å². The van der Waals surface area contributed by atoms with Gasteiger partial charge < -0.3 is 18.9 Å². The molecule has 0 heterocycles. The van der Waals surface area contributed by atoms with E-state index < -0.39 is 0 Å². The second-order valence-electron chi connectivity index (χ2n) is 4.31. The molecule has 0 atom stereocenters. The van der Waals surface area contributed by atoms with Crippen LogP contribution in [0.1, 0.15) is 25.8 Å². The van der Waals surface area contributed by atoms with Crippen LogP contribution in [0.25, 0.3) is 0 Å². The van der Waals surface area contributed by atoms with Crippen LogP contribution in [-0.4, -0.2) is 38.7 Å². The summed E-state index contributed by atoms with van der Waals surface area (Å²) in [6, 6.07) is 9.57. The van der Waals surface area contributed by atoms with Crippen molar-refractivity contribution in [1.29, 1.82) is 0 Å². The number of hydrogen-bond acceptors (Lipinski definition) is 5. The SMILES string of the molecule is CCOC(COCCC(=O)OCc1ccccc1)OCC. The third-order valence-corrected chi connectivity index (χ3v) is 2.65. The topological polar surface area (TPSA) is 54.0 Å². The molecule has 5 heteroatoms. The predicted molar refractivity (Wildman–Crippen MR) is 78.7 cm³/mol. The summed E-state index contributed by atoms with van der Waals surface area (Å²) in [5.74, 6) is -0.275. The van der Waals surface area contributed by atoms with Gasteiger partial charge in [0.1, 0.15) is 6.61 Å². The lowest BCUT2D eigenvalue weighted by atomic mass is 10.2. The highest BCUT2D eigenvalue weighted by molar-refractivity contribution is 5.69. The average Bonchev–Trinajstić information content (AvgIpc) is 2.51. The number of rotatable bonds is 11. The molecule has 0 spiro atoms. The van der Waals surface area contributed by atoms with Gasteiger partial charge in [-0.1, -0.05) is 30.3 Å². The van der Waals surface area contributed by atoms with Crippen LogP contribution < -0.4 is 0 Å². The van der Waals surface area contributed by atoms with Crippen molar-refractivity contribution in [2.24, 2.45) is 0 Å². The Morgan fingerprint density at radius 1 is 1.10 bits per heavy atom. The predicted octanol–water partition coefficient (Wildman–Crippen LogP) is 2.54. The molecule has 0 N–H and O–H groups in total. The Kier molecular flexibility index (Phi) is 9.44. The lowest BCUT2D eigenvalue weighted by Gasteiger charge is -2.16. The Balaban J connectivity index is 2.10. The van der Waals surface area contributed by atoms with E-state index in [4.69, 9.17) is 18.9 Å². The van der Waals surface area contributed by atoms with E-state index in [0.717, 1.165) is 5.56 Å². The van der Waals surface area contributed by atoms with E-state index in [1.165, 1.54) is 0 Å². The van der Waals surface area contributed by atoms with Crippen LogP contribution in [0, 0.1) is 0 Å². The molecule has 0 saturated carbocycles. The molecule has 0 aliphatic carbocycles. The fraction of sp³-hybridized carbons (Fsp3) is 0.562. The zero-order valence-corrected chi connectivity index (χ0v) is 12.7. The molecule has 0 saturated heterocycles. The highest BCUT2D eigenvalue weighted by Gasteiger charge is 2.09. The normalized spacial score (nSPS) is 10.8. The summed E-state index contributed by atoms with van der Waals surface area (Å²) in [5.41, 5.74) is 0.972. The molecular formula is C16H24O5. The minimum Gasteiger partial charge on any atom is -0.461 e. The van der Waals surface area contributed by atoms with Gasteiger partial charge in [0.15, 0.2) is 6.29 Å². The Hall–Kier alpha value is -1.43. The van der Waals surface area contributed by atoms with Crippen molar-refractivity contribution in [2.45, 2.75) is 33.2 Å². The van der Waals surface area contributed by atoms with Gasteiger partial charge in [0, 0.05) is 13.2 Å². The molecule has 0 radical (unpaired) electrons. The lowest BCUT2D eigenvalue weighted by molar-refractivity contribution is -0.169. The van der Waals surface area contributed by atoms with Crippen LogP contribution in [0.2, 0.25) is 0 Å². The standard InChI is InChI=1S/C16H24O5/c1-3-19-16(20-4-2)13-18-11-10-15(17)21-12-14-8-6-5-7-9-14/h5-9,16H,3-4,10-13H2,1-2H3. The molecule has 0 unspecified atom stereocenters. The van der Waals surface area contributed by atoms with Crippen molar-refractivity contribution in [1.82, 2.24) is 0 Å². The van der Waals surface area contributed by atoms with Gasteiger partial charge in [-0.3, -0.25) is 4.79 Å². The first-order valence-electron chi connectivity index (χ1n) is 7.26. The number of benzene rings is 1. The van der Waals surface area contributed by atoms with Gasteiger partial charge in [0.25, 0.3) is 0 Å². The molecule has 0 aliphatic rings. The van der Waals surface area contributed by atoms with E-state index in [0.29, 0.717) is 33.0 Å². The summed E-state index contributed by atoms with van der Waals surface area (Å²) in [7, 11) is 0. The summed E-state index contributed by atoms with van der Waals surface area (Å²) in [6.07, 6.45) is -0.155. The number of esters is 1. The maximum Gasteiger partial charge on any atom is 0.308 e. The molecular weight excluding hydrogens is 272 g/mol. The zero-order chi connectivity index (χ0) is 15.3. The highest BCUT2D eigenvalue weighted by Crippen LogP contribution is 2.02. The molecule has 5 nitrogen and oxygen atoms in total. The second kappa shape index (κ2) is 11.3. The van der Waals surface area contributed by atoms with Crippen LogP contribution >= 0.6 is 0 Å². The van der Waals surface area contributed by atoms with Crippen molar-refractivity contribution in [3.8, 4) is 0 Å². The van der Waals surface area contributed by atoms with Gasteiger partial charge in [-0.2, -0.15) is 0 Å². The number of carbonyl (C=O) groups is 1. The van der Waals surface area contributed by atoms with Gasteiger partial charge in [-0.05, 0) is 19.4 Å². The molecule has 118 valence electrons. The maximum absolute atomic E-state index is 11.5. The first-order chi connectivity index (χ1) is 10.3. The van der Waals surface area contributed by atoms with Crippen LogP contribution in [0.3, 0.4) is 0 Å². The molecule has 1 aromatic rings. The summed E-state index contributed by atoms with van der Waals surface area (Å²) in [4.78, 5) is 11.5. The molecule has 0 aliphatic heterocycles. The number of hydrogen-bond donors (Lipinski definition) is 0. The first kappa shape index (κ1) is 17.6. The van der Waals surface area contributed by atoms with Gasteiger partial charge >= 0.3 is 5.97 Å². The summed E-state index contributed by atoms with van der Waals surface area (Å²) < 4.78 is 21.2. The Morgan fingerprint density at radius 2 is 1.76 bits per heavy atom. The smallest absolute Gasteiger partial charge is 0.308 e. The molecule has 1 rings (SSSR count). The van der Waals surface area contributed by atoms with E-state index in [-0.39, 0.29) is 18.7 Å². The van der Waals surface area contributed by atoms with E-state index >= 15 is 0 Å². The fourth-order valence-electron chi connectivity index (χ4n) is 1.66. The third kappa shape index (κ3) is 8.45. The van der Waals surface area contributed by atoms with Crippen molar-refractivity contribution in [3.63, 3.8) is 0 Å².